The predicted molar refractivity (Wildman–Crippen MR) is 75.3 cm³/mol. The number of fused-ring (bicyclic) bond motifs is 3. The van der Waals surface area contributed by atoms with E-state index in [1.165, 1.54) is 12.8 Å². The van der Waals surface area contributed by atoms with E-state index in [4.69, 9.17) is 28.0 Å². The van der Waals surface area contributed by atoms with Crippen molar-refractivity contribution in [2.45, 2.75) is 32.1 Å². The van der Waals surface area contributed by atoms with Crippen LogP contribution in [0.25, 0.3) is 0 Å². The molecule has 1 atom stereocenters. The van der Waals surface area contributed by atoms with Crippen molar-refractivity contribution >= 4 is 35.0 Å². The number of hydrogen-bond donors (Lipinski definition) is 1. The maximum atomic E-state index is 13.7. The number of halogens is 3. The minimum Gasteiger partial charge on any atom is -0.342 e. The Kier molecular flexibility index (Phi) is 4.17. The predicted octanol–water partition coefficient (Wildman–Crippen LogP) is 3.62. The fourth-order valence-electron chi connectivity index (χ4n) is 3.30. The van der Waals surface area contributed by atoms with E-state index >= 15 is 0 Å². The molecule has 3 saturated carbocycles. The molecule has 0 spiro atoms. The first-order valence-corrected chi connectivity index (χ1v) is 7.65. The Labute approximate surface area is 131 Å². The number of aromatic nitrogens is 2. The van der Waals surface area contributed by atoms with Gasteiger partial charge in [0, 0.05) is 0 Å². The summed E-state index contributed by atoms with van der Waals surface area (Å²) in [7, 11) is 0. The first kappa shape index (κ1) is 14.8. The summed E-state index contributed by atoms with van der Waals surface area (Å²) >= 11 is 11.1. The molecule has 0 radical (unpaired) electrons. The molecular formula is C13H14Cl2FN3O2. The SMILES string of the molecule is O=C(ONc1nc(Cl)nc(Cl)c1F)C1CC2CCC1CC2. The summed E-state index contributed by atoms with van der Waals surface area (Å²) in [4.78, 5) is 24.2. The Morgan fingerprint density at radius 1 is 1.24 bits per heavy atom. The average molecular weight is 334 g/mol. The second-order valence-corrected chi connectivity index (χ2v) is 6.29. The van der Waals surface area contributed by atoms with E-state index in [0.717, 1.165) is 19.3 Å². The summed E-state index contributed by atoms with van der Waals surface area (Å²) in [5, 5.41) is -0.651. The maximum Gasteiger partial charge on any atom is 0.335 e. The molecule has 114 valence electrons. The monoisotopic (exact) mass is 333 g/mol. The smallest absolute Gasteiger partial charge is 0.335 e. The van der Waals surface area contributed by atoms with Gasteiger partial charge in [-0.25, -0.2) is 9.78 Å². The van der Waals surface area contributed by atoms with E-state index < -0.39 is 11.0 Å². The lowest BCUT2D eigenvalue weighted by Gasteiger charge is -2.40. The number of anilines is 1. The fraction of sp³-hybridized carbons (Fsp3) is 0.615. The lowest BCUT2D eigenvalue weighted by Crippen LogP contribution is -2.37. The van der Waals surface area contributed by atoms with E-state index in [-0.39, 0.29) is 23.0 Å². The van der Waals surface area contributed by atoms with Crippen molar-refractivity contribution in [3.63, 3.8) is 0 Å². The Morgan fingerprint density at radius 3 is 2.57 bits per heavy atom. The van der Waals surface area contributed by atoms with Crippen molar-refractivity contribution in [3.05, 3.63) is 16.3 Å². The molecule has 1 aromatic rings. The summed E-state index contributed by atoms with van der Waals surface area (Å²) in [6.45, 7) is 0. The molecule has 2 bridgehead atoms. The van der Waals surface area contributed by atoms with Gasteiger partial charge in [-0.3, -0.25) is 0 Å². The van der Waals surface area contributed by atoms with Gasteiger partial charge in [-0.1, -0.05) is 24.4 Å². The summed E-state index contributed by atoms with van der Waals surface area (Å²) in [5.41, 5.74) is 2.21. The highest BCUT2D eigenvalue weighted by Gasteiger charge is 2.40. The van der Waals surface area contributed by atoms with Gasteiger partial charge in [0.25, 0.3) is 0 Å². The Bertz CT molecular complexity index is 565. The normalized spacial score (nSPS) is 27.5. The van der Waals surface area contributed by atoms with Crippen LogP contribution < -0.4 is 5.48 Å². The zero-order valence-electron chi connectivity index (χ0n) is 11.1. The highest BCUT2D eigenvalue weighted by Crippen LogP contribution is 2.45. The zero-order valence-corrected chi connectivity index (χ0v) is 12.6. The Hall–Kier alpha value is -1.14. The van der Waals surface area contributed by atoms with Crippen molar-refractivity contribution in [2.24, 2.45) is 17.8 Å². The van der Waals surface area contributed by atoms with E-state index in [0.29, 0.717) is 11.8 Å². The number of nitrogens with zero attached hydrogens (tertiary/aromatic N) is 2. The van der Waals surface area contributed by atoms with Crippen LogP contribution in [0.2, 0.25) is 10.4 Å². The van der Waals surface area contributed by atoms with Crippen LogP contribution in [0.3, 0.4) is 0 Å². The van der Waals surface area contributed by atoms with Crippen molar-refractivity contribution in [1.29, 1.82) is 0 Å². The van der Waals surface area contributed by atoms with E-state index in [1.54, 1.807) is 0 Å². The van der Waals surface area contributed by atoms with Crippen molar-refractivity contribution in [1.82, 2.24) is 9.97 Å². The standard InChI is InChI=1S/C13H14Cl2FN3O2/c14-10-9(16)11(18-13(15)17-10)19-21-12(20)8-5-6-1-3-7(8)4-2-6/h6-8H,1-5H2,(H,17,18,19). The molecule has 8 heteroatoms. The van der Waals surface area contributed by atoms with Crippen LogP contribution in [0, 0.1) is 23.6 Å². The maximum absolute atomic E-state index is 13.7. The molecule has 21 heavy (non-hydrogen) atoms. The minimum atomic E-state index is -0.904. The highest BCUT2D eigenvalue weighted by atomic mass is 35.5. The van der Waals surface area contributed by atoms with Crippen molar-refractivity contribution in [2.75, 3.05) is 5.48 Å². The van der Waals surface area contributed by atoms with Gasteiger partial charge < -0.3 is 4.84 Å². The van der Waals surface area contributed by atoms with Gasteiger partial charge in [-0.05, 0) is 42.7 Å². The molecule has 1 N–H and O–H groups in total. The number of hydrogen-bond acceptors (Lipinski definition) is 5. The van der Waals surface area contributed by atoms with Crippen LogP contribution in [0.15, 0.2) is 0 Å². The van der Waals surface area contributed by atoms with Crippen molar-refractivity contribution < 1.29 is 14.0 Å². The molecule has 1 unspecified atom stereocenters. The van der Waals surface area contributed by atoms with Gasteiger partial charge >= 0.3 is 5.97 Å². The third-order valence-corrected chi connectivity index (χ3v) is 4.80. The highest BCUT2D eigenvalue weighted by molar-refractivity contribution is 6.32. The van der Waals surface area contributed by atoms with Crippen LogP contribution in [0.4, 0.5) is 10.2 Å². The molecule has 0 aromatic carbocycles. The van der Waals surface area contributed by atoms with Gasteiger partial charge in [-0.15, -0.1) is 0 Å². The van der Waals surface area contributed by atoms with Crippen LogP contribution in [0.1, 0.15) is 32.1 Å². The number of nitrogens with one attached hydrogen (secondary N) is 1. The third kappa shape index (κ3) is 3.06. The summed E-state index contributed by atoms with van der Waals surface area (Å²) in [6, 6.07) is 0. The molecule has 3 aliphatic carbocycles. The van der Waals surface area contributed by atoms with E-state index in [9.17, 15) is 9.18 Å². The van der Waals surface area contributed by atoms with Crippen LogP contribution in [-0.4, -0.2) is 15.9 Å². The minimum absolute atomic E-state index is 0.124. The third-order valence-electron chi connectivity index (χ3n) is 4.38. The van der Waals surface area contributed by atoms with Gasteiger partial charge in [0.15, 0.2) is 5.15 Å². The number of carbonyl (C=O) groups is 1. The lowest BCUT2D eigenvalue weighted by atomic mass is 9.65. The zero-order chi connectivity index (χ0) is 15.0. The molecule has 1 aromatic heterocycles. The largest absolute Gasteiger partial charge is 0.342 e. The quantitative estimate of drug-likeness (QED) is 0.520. The fourth-order valence-corrected chi connectivity index (χ4v) is 3.68. The van der Waals surface area contributed by atoms with Gasteiger partial charge in [0.1, 0.15) is 0 Å². The molecule has 3 aliphatic rings. The van der Waals surface area contributed by atoms with Crippen LogP contribution in [0.5, 0.6) is 0 Å². The molecule has 0 saturated heterocycles. The molecule has 0 amide bonds. The Morgan fingerprint density at radius 2 is 1.95 bits per heavy atom. The second kappa shape index (κ2) is 5.93. The number of carbonyl (C=O) groups excluding carboxylic acids is 1. The number of rotatable bonds is 3. The molecule has 3 fully saturated rings. The molecule has 0 aliphatic heterocycles. The summed E-state index contributed by atoms with van der Waals surface area (Å²) < 4.78 is 13.7. The van der Waals surface area contributed by atoms with Gasteiger partial charge in [0.2, 0.25) is 16.9 Å². The molecule has 4 rings (SSSR count). The topological polar surface area (TPSA) is 64.1 Å². The van der Waals surface area contributed by atoms with Crippen LogP contribution in [-0.2, 0) is 9.63 Å². The van der Waals surface area contributed by atoms with Crippen molar-refractivity contribution in [3.8, 4) is 0 Å². The lowest BCUT2D eigenvalue weighted by molar-refractivity contribution is -0.151. The Balaban J connectivity index is 1.64. The van der Waals surface area contributed by atoms with Crippen LogP contribution >= 0.6 is 23.2 Å². The molecule has 5 nitrogen and oxygen atoms in total. The van der Waals surface area contributed by atoms with Gasteiger partial charge in [-0.2, -0.15) is 14.9 Å². The first-order chi connectivity index (χ1) is 10.0. The average Bonchev–Trinajstić information content (AvgIpc) is 2.50. The summed E-state index contributed by atoms with van der Waals surface area (Å²) in [6.07, 6.45) is 5.34. The van der Waals surface area contributed by atoms with Gasteiger partial charge in [0.05, 0.1) is 5.92 Å². The summed E-state index contributed by atoms with van der Waals surface area (Å²) in [5.74, 6) is -0.775. The first-order valence-electron chi connectivity index (χ1n) is 6.90. The second-order valence-electron chi connectivity index (χ2n) is 5.59. The van der Waals surface area contributed by atoms with E-state index in [1.807, 2.05) is 0 Å². The molecular weight excluding hydrogens is 320 g/mol. The van der Waals surface area contributed by atoms with E-state index in [2.05, 4.69) is 15.4 Å². The molecule has 1 heterocycles.